The third-order valence-electron chi connectivity index (χ3n) is 2.81. The molecule has 0 amide bonds. The third-order valence-corrected chi connectivity index (χ3v) is 3.83. The van der Waals surface area contributed by atoms with Gasteiger partial charge in [0.05, 0.1) is 0 Å². The van der Waals surface area contributed by atoms with E-state index in [-0.39, 0.29) is 11.5 Å². The van der Waals surface area contributed by atoms with Gasteiger partial charge in [-0.3, -0.25) is 0 Å². The van der Waals surface area contributed by atoms with Gasteiger partial charge in [0, 0.05) is 15.1 Å². The van der Waals surface area contributed by atoms with Crippen LogP contribution in [0.3, 0.4) is 0 Å². The Bertz CT molecular complexity index is 589. The molecule has 0 aromatic heterocycles. The van der Waals surface area contributed by atoms with Gasteiger partial charge in [-0.2, -0.15) is 0 Å². The number of phenolic OH excluding ortho intramolecular Hbond substituents is 2. The molecule has 0 aliphatic carbocycles. The van der Waals surface area contributed by atoms with Crippen molar-refractivity contribution in [1.29, 1.82) is 0 Å². The van der Waals surface area contributed by atoms with Crippen LogP contribution >= 0.6 is 34.8 Å². The molecule has 0 unspecified atom stereocenters. The largest absolute Gasteiger partial charge is 0.508 e. The molecule has 100 valence electrons. The van der Waals surface area contributed by atoms with E-state index in [1.54, 1.807) is 12.1 Å². The van der Waals surface area contributed by atoms with Crippen molar-refractivity contribution in [1.82, 2.24) is 0 Å². The van der Waals surface area contributed by atoms with Crippen LogP contribution in [0.25, 0.3) is 0 Å². The van der Waals surface area contributed by atoms with Crippen LogP contribution < -0.4 is 0 Å². The normalized spacial score (nSPS) is 10.7. The van der Waals surface area contributed by atoms with E-state index in [0.29, 0.717) is 27.9 Å². The van der Waals surface area contributed by atoms with E-state index < -0.39 is 0 Å². The topological polar surface area (TPSA) is 40.5 Å². The van der Waals surface area contributed by atoms with E-state index in [1.165, 1.54) is 18.2 Å². The minimum absolute atomic E-state index is 0.0430. The molecule has 19 heavy (non-hydrogen) atoms. The Morgan fingerprint density at radius 1 is 0.737 bits per heavy atom. The Balaban J connectivity index is 2.19. The third kappa shape index (κ3) is 3.47. The fourth-order valence-electron chi connectivity index (χ4n) is 1.83. The lowest BCUT2D eigenvalue weighted by Gasteiger charge is -2.09. The number of phenols is 2. The summed E-state index contributed by atoms with van der Waals surface area (Å²) in [5.74, 6) is 0.177. The Morgan fingerprint density at radius 3 is 1.89 bits per heavy atom. The standard InChI is InChI=1S/C14H11Cl3O2/c15-12-5-9(18)3-1-8(12)2-4-11-13(16)6-10(19)7-14(11)17/h1,3,5-7,18-19H,2,4H2. The second kappa shape index (κ2) is 5.91. The molecule has 2 N–H and O–H groups in total. The summed E-state index contributed by atoms with van der Waals surface area (Å²) in [7, 11) is 0. The molecule has 0 atom stereocenters. The van der Waals surface area contributed by atoms with Crippen LogP contribution in [-0.2, 0) is 12.8 Å². The summed E-state index contributed by atoms with van der Waals surface area (Å²) < 4.78 is 0. The summed E-state index contributed by atoms with van der Waals surface area (Å²) in [6, 6.07) is 7.76. The molecule has 2 rings (SSSR count). The lowest BCUT2D eigenvalue weighted by molar-refractivity contribution is 0.474. The van der Waals surface area contributed by atoms with Crippen LogP contribution in [0.2, 0.25) is 15.1 Å². The Kier molecular flexibility index (Phi) is 4.46. The van der Waals surface area contributed by atoms with Gasteiger partial charge in [0.2, 0.25) is 0 Å². The predicted molar refractivity (Wildman–Crippen MR) is 78.7 cm³/mol. The van der Waals surface area contributed by atoms with E-state index in [0.717, 1.165) is 11.1 Å². The molecule has 0 bridgehead atoms. The van der Waals surface area contributed by atoms with Gasteiger partial charge in [-0.05, 0) is 48.2 Å². The van der Waals surface area contributed by atoms with Crippen molar-refractivity contribution in [2.45, 2.75) is 12.8 Å². The number of halogens is 3. The van der Waals surface area contributed by atoms with E-state index in [9.17, 15) is 10.2 Å². The lowest BCUT2D eigenvalue weighted by atomic mass is 10.0. The highest BCUT2D eigenvalue weighted by Crippen LogP contribution is 2.31. The fraction of sp³-hybridized carbons (Fsp3) is 0.143. The molecular weight excluding hydrogens is 307 g/mol. The highest BCUT2D eigenvalue weighted by molar-refractivity contribution is 6.36. The second-order valence-electron chi connectivity index (χ2n) is 4.16. The summed E-state index contributed by atoms with van der Waals surface area (Å²) in [6.45, 7) is 0. The fourth-order valence-corrected chi connectivity index (χ4v) is 2.76. The molecule has 0 fully saturated rings. The summed E-state index contributed by atoms with van der Waals surface area (Å²) in [5.41, 5.74) is 1.67. The van der Waals surface area contributed by atoms with Crippen molar-refractivity contribution in [2.75, 3.05) is 0 Å². The van der Waals surface area contributed by atoms with Crippen molar-refractivity contribution in [2.24, 2.45) is 0 Å². The Hall–Kier alpha value is -1.09. The zero-order valence-electron chi connectivity index (χ0n) is 9.83. The van der Waals surface area contributed by atoms with Crippen LogP contribution in [0.1, 0.15) is 11.1 Å². The molecule has 2 nitrogen and oxygen atoms in total. The average molecular weight is 318 g/mol. The van der Waals surface area contributed by atoms with Crippen LogP contribution in [0.4, 0.5) is 0 Å². The molecule has 0 saturated heterocycles. The van der Waals surface area contributed by atoms with Gasteiger partial charge >= 0.3 is 0 Å². The second-order valence-corrected chi connectivity index (χ2v) is 5.39. The number of aryl methyl sites for hydroxylation is 1. The van der Waals surface area contributed by atoms with Gasteiger partial charge in [0.25, 0.3) is 0 Å². The van der Waals surface area contributed by atoms with Gasteiger partial charge in [0.15, 0.2) is 0 Å². The van der Waals surface area contributed by atoms with E-state index in [1.807, 2.05) is 0 Å². The smallest absolute Gasteiger partial charge is 0.118 e. The molecular formula is C14H11Cl3O2. The average Bonchev–Trinajstić information content (AvgIpc) is 2.30. The van der Waals surface area contributed by atoms with Crippen LogP contribution in [0.15, 0.2) is 30.3 Å². The van der Waals surface area contributed by atoms with Gasteiger partial charge in [-0.1, -0.05) is 40.9 Å². The number of rotatable bonds is 3. The lowest BCUT2D eigenvalue weighted by Crippen LogP contribution is -1.94. The SMILES string of the molecule is Oc1ccc(CCc2c(Cl)cc(O)cc2Cl)c(Cl)c1. The first-order valence-corrected chi connectivity index (χ1v) is 6.75. The van der Waals surface area contributed by atoms with E-state index in [4.69, 9.17) is 34.8 Å². The first-order valence-electron chi connectivity index (χ1n) is 5.61. The first kappa shape index (κ1) is 14.3. The molecule has 5 heteroatoms. The van der Waals surface area contributed by atoms with Crippen molar-refractivity contribution < 1.29 is 10.2 Å². The molecule has 0 heterocycles. The zero-order chi connectivity index (χ0) is 14.0. The van der Waals surface area contributed by atoms with Crippen molar-refractivity contribution in [3.63, 3.8) is 0 Å². The minimum atomic E-state index is 0.0430. The highest BCUT2D eigenvalue weighted by Gasteiger charge is 2.09. The van der Waals surface area contributed by atoms with E-state index in [2.05, 4.69) is 0 Å². The first-order chi connectivity index (χ1) is 8.97. The Labute approximate surface area is 126 Å². The minimum Gasteiger partial charge on any atom is -0.508 e. The maximum absolute atomic E-state index is 9.36. The van der Waals surface area contributed by atoms with Crippen molar-refractivity contribution in [3.05, 3.63) is 56.5 Å². The molecule has 0 aliphatic heterocycles. The summed E-state index contributed by atoms with van der Waals surface area (Å²) in [4.78, 5) is 0. The van der Waals surface area contributed by atoms with Gasteiger partial charge in [0.1, 0.15) is 11.5 Å². The van der Waals surface area contributed by atoms with Crippen LogP contribution in [-0.4, -0.2) is 10.2 Å². The summed E-state index contributed by atoms with van der Waals surface area (Å²) >= 11 is 18.1. The summed E-state index contributed by atoms with van der Waals surface area (Å²) in [5, 5.41) is 20.0. The molecule has 0 spiro atoms. The van der Waals surface area contributed by atoms with Gasteiger partial charge < -0.3 is 10.2 Å². The maximum Gasteiger partial charge on any atom is 0.118 e. The predicted octanol–water partition coefficient (Wildman–Crippen LogP) is 4.84. The molecule has 2 aromatic carbocycles. The Morgan fingerprint density at radius 2 is 1.32 bits per heavy atom. The highest BCUT2D eigenvalue weighted by atomic mass is 35.5. The van der Waals surface area contributed by atoms with Crippen LogP contribution in [0.5, 0.6) is 11.5 Å². The quantitative estimate of drug-likeness (QED) is 0.850. The van der Waals surface area contributed by atoms with Gasteiger partial charge in [-0.15, -0.1) is 0 Å². The number of hydrogen-bond donors (Lipinski definition) is 2. The number of aromatic hydroxyl groups is 2. The number of hydrogen-bond acceptors (Lipinski definition) is 2. The molecule has 0 radical (unpaired) electrons. The summed E-state index contributed by atoms with van der Waals surface area (Å²) in [6.07, 6.45) is 1.24. The van der Waals surface area contributed by atoms with E-state index >= 15 is 0 Å². The monoisotopic (exact) mass is 316 g/mol. The number of benzene rings is 2. The molecule has 2 aromatic rings. The molecule has 0 aliphatic rings. The zero-order valence-corrected chi connectivity index (χ0v) is 12.1. The molecule has 0 saturated carbocycles. The van der Waals surface area contributed by atoms with Crippen LogP contribution in [0, 0.1) is 0 Å². The van der Waals surface area contributed by atoms with Crippen molar-refractivity contribution in [3.8, 4) is 11.5 Å². The maximum atomic E-state index is 9.36. The van der Waals surface area contributed by atoms with Gasteiger partial charge in [-0.25, -0.2) is 0 Å². The van der Waals surface area contributed by atoms with Crippen molar-refractivity contribution >= 4 is 34.8 Å².